The van der Waals surface area contributed by atoms with Crippen molar-refractivity contribution in [1.82, 2.24) is 4.98 Å². The number of aryl methyl sites for hydroxylation is 1. The van der Waals surface area contributed by atoms with Gasteiger partial charge in [0.1, 0.15) is 0 Å². The zero-order valence-corrected chi connectivity index (χ0v) is 11.7. The van der Waals surface area contributed by atoms with E-state index in [9.17, 15) is 5.11 Å². The van der Waals surface area contributed by atoms with Gasteiger partial charge in [-0.3, -0.25) is 4.98 Å². The maximum atomic E-state index is 10.0. The Morgan fingerprint density at radius 3 is 2.67 bits per heavy atom. The van der Waals surface area contributed by atoms with Crippen LogP contribution in [0.2, 0.25) is 0 Å². The summed E-state index contributed by atoms with van der Waals surface area (Å²) in [4.78, 5) is 3.93. The highest BCUT2D eigenvalue weighted by Gasteiger charge is 2.06. The molecule has 0 aliphatic heterocycles. The molecular formula is C14H15BrN2O. The number of halogens is 1. The van der Waals surface area contributed by atoms with E-state index in [2.05, 4.69) is 26.2 Å². The zero-order valence-electron chi connectivity index (χ0n) is 10.1. The van der Waals surface area contributed by atoms with Crippen LogP contribution in [0.15, 0.2) is 47.2 Å². The summed E-state index contributed by atoms with van der Waals surface area (Å²) in [6.45, 7) is 2.51. The number of nitrogens with zero attached hydrogens (tertiary/aromatic N) is 1. The molecule has 4 heteroatoms. The van der Waals surface area contributed by atoms with Crippen LogP contribution in [0, 0.1) is 6.92 Å². The molecule has 1 aromatic carbocycles. The van der Waals surface area contributed by atoms with Crippen LogP contribution < -0.4 is 5.32 Å². The fraction of sp³-hybridized carbons (Fsp3) is 0.214. The van der Waals surface area contributed by atoms with Gasteiger partial charge in [-0.2, -0.15) is 0 Å². The van der Waals surface area contributed by atoms with Gasteiger partial charge in [-0.25, -0.2) is 0 Å². The Labute approximate surface area is 115 Å². The van der Waals surface area contributed by atoms with Gasteiger partial charge < -0.3 is 10.4 Å². The molecule has 18 heavy (non-hydrogen) atoms. The number of hydrogen-bond acceptors (Lipinski definition) is 3. The number of hydrogen-bond donors (Lipinski definition) is 2. The number of aliphatic hydroxyl groups is 1. The van der Waals surface area contributed by atoms with Gasteiger partial charge in [0, 0.05) is 29.1 Å². The molecule has 0 radical (unpaired) electrons. The van der Waals surface area contributed by atoms with Crippen molar-refractivity contribution in [3.63, 3.8) is 0 Å². The van der Waals surface area contributed by atoms with Crippen LogP contribution in [0.5, 0.6) is 0 Å². The van der Waals surface area contributed by atoms with E-state index in [1.54, 1.807) is 12.4 Å². The molecule has 2 rings (SSSR count). The molecule has 0 saturated carbocycles. The van der Waals surface area contributed by atoms with Crippen molar-refractivity contribution in [3.05, 3.63) is 58.3 Å². The molecule has 2 aromatic rings. The number of nitrogens with one attached hydrogen (secondary N) is 1. The molecule has 1 atom stereocenters. The summed E-state index contributed by atoms with van der Waals surface area (Å²) >= 11 is 3.49. The van der Waals surface area contributed by atoms with Gasteiger partial charge in [-0.15, -0.1) is 0 Å². The van der Waals surface area contributed by atoms with Gasteiger partial charge in [0.25, 0.3) is 0 Å². The SMILES string of the molecule is Cc1ccc(NCC(O)c2ccncc2)cc1Br. The van der Waals surface area contributed by atoms with E-state index in [1.807, 2.05) is 37.3 Å². The van der Waals surface area contributed by atoms with Crippen LogP contribution in [0.3, 0.4) is 0 Å². The average Bonchev–Trinajstić information content (AvgIpc) is 2.41. The van der Waals surface area contributed by atoms with Crippen LogP contribution >= 0.6 is 15.9 Å². The van der Waals surface area contributed by atoms with E-state index in [4.69, 9.17) is 0 Å². The first kappa shape index (κ1) is 13.1. The van der Waals surface area contributed by atoms with E-state index in [-0.39, 0.29) is 0 Å². The first-order valence-electron chi connectivity index (χ1n) is 5.75. The summed E-state index contributed by atoms with van der Waals surface area (Å²) in [7, 11) is 0. The van der Waals surface area contributed by atoms with Crippen LogP contribution in [-0.2, 0) is 0 Å². The van der Waals surface area contributed by atoms with Crippen molar-refractivity contribution in [3.8, 4) is 0 Å². The lowest BCUT2D eigenvalue weighted by atomic mass is 10.1. The average molecular weight is 307 g/mol. The summed E-state index contributed by atoms with van der Waals surface area (Å²) in [5.41, 5.74) is 3.04. The number of rotatable bonds is 4. The minimum atomic E-state index is -0.534. The van der Waals surface area contributed by atoms with Gasteiger partial charge in [-0.05, 0) is 42.3 Å². The summed E-state index contributed by atoms with van der Waals surface area (Å²) in [5.74, 6) is 0. The molecule has 0 saturated heterocycles. The van der Waals surface area contributed by atoms with Crippen LogP contribution in [-0.4, -0.2) is 16.6 Å². The molecule has 1 unspecified atom stereocenters. The second-order valence-electron chi connectivity index (χ2n) is 4.14. The van der Waals surface area contributed by atoms with E-state index >= 15 is 0 Å². The third-order valence-electron chi connectivity index (χ3n) is 2.76. The number of anilines is 1. The van der Waals surface area contributed by atoms with Crippen LogP contribution in [0.4, 0.5) is 5.69 Å². The smallest absolute Gasteiger partial charge is 0.0963 e. The molecule has 0 fully saturated rings. The summed E-state index contributed by atoms with van der Waals surface area (Å²) in [6, 6.07) is 9.67. The van der Waals surface area contributed by atoms with Crippen molar-refractivity contribution < 1.29 is 5.11 Å². The Hall–Kier alpha value is -1.39. The van der Waals surface area contributed by atoms with Gasteiger partial charge >= 0.3 is 0 Å². The van der Waals surface area contributed by atoms with Gasteiger partial charge in [0.15, 0.2) is 0 Å². The number of aromatic nitrogens is 1. The monoisotopic (exact) mass is 306 g/mol. The maximum Gasteiger partial charge on any atom is 0.0963 e. The van der Waals surface area contributed by atoms with Crippen molar-refractivity contribution in [2.45, 2.75) is 13.0 Å². The Morgan fingerprint density at radius 2 is 2.00 bits per heavy atom. The molecular weight excluding hydrogens is 292 g/mol. The summed E-state index contributed by atoms with van der Waals surface area (Å²) < 4.78 is 1.06. The molecule has 0 aliphatic carbocycles. The lowest BCUT2D eigenvalue weighted by Crippen LogP contribution is -2.12. The molecule has 1 heterocycles. The molecule has 0 aliphatic rings. The van der Waals surface area contributed by atoms with E-state index in [0.717, 1.165) is 15.7 Å². The van der Waals surface area contributed by atoms with Gasteiger partial charge in [0.05, 0.1) is 6.10 Å². The van der Waals surface area contributed by atoms with Crippen LogP contribution in [0.1, 0.15) is 17.2 Å². The van der Waals surface area contributed by atoms with Crippen molar-refractivity contribution in [2.75, 3.05) is 11.9 Å². The van der Waals surface area contributed by atoms with E-state index in [1.165, 1.54) is 5.56 Å². The Morgan fingerprint density at radius 1 is 1.28 bits per heavy atom. The zero-order chi connectivity index (χ0) is 13.0. The predicted octanol–water partition coefficient (Wildman–Crippen LogP) is 3.30. The number of pyridine rings is 1. The lowest BCUT2D eigenvalue weighted by Gasteiger charge is -2.13. The standard InChI is InChI=1S/C14H15BrN2O/c1-10-2-3-12(8-13(10)15)17-9-14(18)11-4-6-16-7-5-11/h2-8,14,17-18H,9H2,1H3. The fourth-order valence-electron chi connectivity index (χ4n) is 1.62. The second kappa shape index (κ2) is 5.98. The highest BCUT2D eigenvalue weighted by Crippen LogP contribution is 2.21. The fourth-order valence-corrected chi connectivity index (χ4v) is 2.00. The molecule has 0 bridgehead atoms. The minimum Gasteiger partial charge on any atom is -0.387 e. The maximum absolute atomic E-state index is 10.0. The van der Waals surface area contributed by atoms with Crippen molar-refractivity contribution in [1.29, 1.82) is 0 Å². The van der Waals surface area contributed by atoms with Crippen molar-refractivity contribution >= 4 is 21.6 Å². The third-order valence-corrected chi connectivity index (χ3v) is 3.62. The highest BCUT2D eigenvalue weighted by molar-refractivity contribution is 9.10. The van der Waals surface area contributed by atoms with E-state index < -0.39 is 6.10 Å². The molecule has 1 aromatic heterocycles. The highest BCUT2D eigenvalue weighted by atomic mass is 79.9. The Kier molecular flexibility index (Phi) is 4.33. The molecule has 3 nitrogen and oxygen atoms in total. The molecule has 0 amide bonds. The quantitative estimate of drug-likeness (QED) is 0.911. The summed E-state index contributed by atoms with van der Waals surface area (Å²) in [5, 5.41) is 13.2. The Bertz CT molecular complexity index is 516. The topological polar surface area (TPSA) is 45.1 Å². The number of benzene rings is 1. The van der Waals surface area contributed by atoms with Crippen LogP contribution in [0.25, 0.3) is 0 Å². The van der Waals surface area contributed by atoms with Crippen molar-refractivity contribution in [2.24, 2.45) is 0 Å². The lowest BCUT2D eigenvalue weighted by molar-refractivity contribution is 0.191. The largest absolute Gasteiger partial charge is 0.387 e. The first-order chi connectivity index (χ1) is 8.66. The van der Waals surface area contributed by atoms with Gasteiger partial charge in [0.2, 0.25) is 0 Å². The molecule has 0 spiro atoms. The second-order valence-corrected chi connectivity index (χ2v) is 5.00. The summed E-state index contributed by atoms with van der Waals surface area (Å²) in [6.07, 6.45) is 2.83. The van der Waals surface area contributed by atoms with E-state index in [0.29, 0.717) is 6.54 Å². The Balaban J connectivity index is 1.97. The number of aliphatic hydroxyl groups excluding tert-OH is 1. The normalized spacial score (nSPS) is 12.2. The van der Waals surface area contributed by atoms with Gasteiger partial charge in [-0.1, -0.05) is 22.0 Å². The predicted molar refractivity (Wildman–Crippen MR) is 76.6 cm³/mol. The third kappa shape index (κ3) is 3.31. The minimum absolute atomic E-state index is 0.472. The molecule has 94 valence electrons. The molecule has 2 N–H and O–H groups in total. The first-order valence-corrected chi connectivity index (χ1v) is 6.54.